The van der Waals surface area contributed by atoms with Crippen LogP contribution in [-0.4, -0.2) is 44.6 Å². The van der Waals surface area contributed by atoms with Crippen LogP contribution in [0, 0.1) is 0 Å². The van der Waals surface area contributed by atoms with E-state index in [9.17, 15) is 9.59 Å². The number of carbonyl (C=O) groups is 2. The van der Waals surface area contributed by atoms with Crippen LogP contribution in [0.15, 0.2) is 36.4 Å². The second kappa shape index (κ2) is 10.3. The van der Waals surface area contributed by atoms with Crippen LogP contribution in [0.3, 0.4) is 0 Å². The quantitative estimate of drug-likeness (QED) is 0.635. The zero-order valence-corrected chi connectivity index (χ0v) is 21.2. The number of benzene rings is 1. The monoisotopic (exact) mass is 464 g/mol. The third kappa shape index (κ3) is 5.06. The van der Waals surface area contributed by atoms with Gasteiger partial charge in [-0.25, -0.2) is 0 Å². The Kier molecular flexibility index (Phi) is 7.44. The maximum absolute atomic E-state index is 13.9. The molecule has 2 amide bonds. The van der Waals surface area contributed by atoms with Crippen LogP contribution in [0.2, 0.25) is 0 Å². The average molecular weight is 465 g/mol. The van der Waals surface area contributed by atoms with Crippen LogP contribution in [0.25, 0.3) is 0 Å². The largest absolute Gasteiger partial charge is 0.351 e. The Balaban J connectivity index is 1.64. The summed E-state index contributed by atoms with van der Waals surface area (Å²) in [7, 11) is 0. The van der Waals surface area contributed by atoms with Crippen molar-refractivity contribution in [2.75, 3.05) is 6.54 Å². The van der Waals surface area contributed by atoms with Gasteiger partial charge in [-0.15, -0.1) is 0 Å². The second-order valence-corrected chi connectivity index (χ2v) is 10.8. The van der Waals surface area contributed by atoms with Crippen molar-refractivity contribution in [2.24, 2.45) is 0 Å². The lowest BCUT2D eigenvalue weighted by molar-refractivity contribution is -0.134. The Labute approximate surface area is 204 Å². The Bertz CT molecular complexity index is 991. The van der Waals surface area contributed by atoms with Crippen LogP contribution in [-0.2, 0) is 11.3 Å². The SMILES string of the molecule is CC(C)c1cc2n(n1)C[C@](C)(C(=O)NC1CCCCCCC1)N(C[C@H](C)c1ccccc1)C2=O. The average Bonchev–Trinajstić information content (AvgIpc) is 3.23. The molecule has 6 nitrogen and oxygen atoms in total. The lowest BCUT2D eigenvalue weighted by atomic mass is 9.90. The van der Waals surface area contributed by atoms with Gasteiger partial charge in [-0.3, -0.25) is 14.3 Å². The fraction of sp³-hybridized carbons (Fsp3) is 0.607. The fourth-order valence-electron chi connectivity index (χ4n) is 5.33. The minimum atomic E-state index is -0.990. The normalized spacial score (nSPS) is 22.7. The molecular weight excluding hydrogens is 424 g/mol. The van der Waals surface area contributed by atoms with Gasteiger partial charge in [-0.1, -0.05) is 83.2 Å². The van der Waals surface area contributed by atoms with Crippen LogP contribution in [0.1, 0.15) is 106 Å². The maximum atomic E-state index is 13.9. The molecule has 4 rings (SSSR count). The summed E-state index contributed by atoms with van der Waals surface area (Å²) in [5.74, 6) is 0.165. The molecule has 2 heterocycles. The zero-order valence-electron chi connectivity index (χ0n) is 21.2. The lowest BCUT2D eigenvalue weighted by Crippen LogP contribution is -2.65. The van der Waals surface area contributed by atoms with E-state index in [0.29, 0.717) is 18.8 Å². The summed E-state index contributed by atoms with van der Waals surface area (Å²) in [4.78, 5) is 29.5. The highest BCUT2D eigenvalue weighted by atomic mass is 16.2. The first-order valence-electron chi connectivity index (χ1n) is 13.0. The summed E-state index contributed by atoms with van der Waals surface area (Å²) < 4.78 is 1.76. The molecule has 1 aliphatic heterocycles. The molecular formula is C28H40N4O2. The van der Waals surface area contributed by atoms with Gasteiger partial charge in [0.05, 0.1) is 12.2 Å². The van der Waals surface area contributed by atoms with E-state index in [-0.39, 0.29) is 29.7 Å². The number of amides is 2. The first-order valence-corrected chi connectivity index (χ1v) is 13.0. The van der Waals surface area contributed by atoms with E-state index in [0.717, 1.165) is 31.4 Å². The van der Waals surface area contributed by atoms with Gasteiger partial charge in [0.1, 0.15) is 11.2 Å². The van der Waals surface area contributed by atoms with Gasteiger partial charge in [-0.2, -0.15) is 5.10 Å². The molecule has 34 heavy (non-hydrogen) atoms. The molecule has 1 aromatic heterocycles. The molecule has 2 aliphatic rings. The van der Waals surface area contributed by atoms with Crippen molar-refractivity contribution in [2.45, 2.75) is 103 Å². The summed E-state index contributed by atoms with van der Waals surface area (Å²) in [6.07, 6.45) is 8.08. The second-order valence-electron chi connectivity index (χ2n) is 10.8. The number of nitrogens with one attached hydrogen (secondary N) is 1. The van der Waals surface area contributed by atoms with Crippen molar-refractivity contribution in [1.82, 2.24) is 20.0 Å². The molecule has 1 fully saturated rings. The van der Waals surface area contributed by atoms with E-state index >= 15 is 0 Å². The predicted octanol–water partition coefficient (Wildman–Crippen LogP) is 5.25. The predicted molar refractivity (Wildman–Crippen MR) is 135 cm³/mol. The zero-order chi connectivity index (χ0) is 24.3. The number of aromatic nitrogens is 2. The number of carbonyl (C=O) groups excluding carboxylic acids is 2. The molecule has 0 bridgehead atoms. The van der Waals surface area contributed by atoms with Crippen molar-refractivity contribution in [3.8, 4) is 0 Å². The van der Waals surface area contributed by atoms with Gasteiger partial charge >= 0.3 is 0 Å². The first-order chi connectivity index (χ1) is 16.3. The summed E-state index contributed by atoms with van der Waals surface area (Å²) >= 11 is 0. The highest BCUT2D eigenvalue weighted by Crippen LogP contribution is 2.32. The van der Waals surface area contributed by atoms with Crippen LogP contribution in [0.4, 0.5) is 0 Å². The number of nitrogens with zero attached hydrogens (tertiary/aromatic N) is 3. The number of rotatable bonds is 6. The van der Waals surface area contributed by atoms with Crippen molar-refractivity contribution in [3.05, 3.63) is 53.3 Å². The van der Waals surface area contributed by atoms with E-state index in [1.807, 2.05) is 36.1 Å². The van der Waals surface area contributed by atoms with Gasteiger partial charge in [0, 0.05) is 12.6 Å². The van der Waals surface area contributed by atoms with Gasteiger partial charge in [0.15, 0.2) is 0 Å². The minimum Gasteiger partial charge on any atom is -0.351 e. The van der Waals surface area contributed by atoms with Gasteiger partial charge in [0.2, 0.25) is 5.91 Å². The van der Waals surface area contributed by atoms with Crippen molar-refractivity contribution >= 4 is 11.8 Å². The molecule has 6 heteroatoms. The summed E-state index contributed by atoms with van der Waals surface area (Å²) in [5.41, 5.74) is 1.65. The molecule has 1 saturated carbocycles. The summed E-state index contributed by atoms with van der Waals surface area (Å²) in [6.45, 7) is 9.06. The van der Waals surface area contributed by atoms with Crippen molar-refractivity contribution in [3.63, 3.8) is 0 Å². The Morgan fingerprint density at radius 2 is 1.74 bits per heavy atom. The van der Waals surface area contributed by atoms with E-state index in [1.165, 1.54) is 24.8 Å². The van der Waals surface area contributed by atoms with Crippen LogP contribution >= 0.6 is 0 Å². The van der Waals surface area contributed by atoms with Crippen LogP contribution < -0.4 is 5.32 Å². The van der Waals surface area contributed by atoms with Crippen LogP contribution in [0.5, 0.6) is 0 Å². The van der Waals surface area contributed by atoms with E-state index < -0.39 is 5.54 Å². The highest BCUT2D eigenvalue weighted by molar-refractivity contribution is 5.99. The molecule has 1 aliphatic carbocycles. The third-order valence-electron chi connectivity index (χ3n) is 7.66. The molecule has 0 radical (unpaired) electrons. The topological polar surface area (TPSA) is 67.2 Å². The number of hydrogen-bond acceptors (Lipinski definition) is 3. The fourth-order valence-corrected chi connectivity index (χ4v) is 5.33. The Morgan fingerprint density at radius 3 is 2.38 bits per heavy atom. The molecule has 1 aromatic carbocycles. The third-order valence-corrected chi connectivity index (χ3v) is 7.66. The van der Waals surface area contributed by atoms with Crippen molar-refractivity contribution < 1.29 is 9.59 Å². The van der Waals surface area contributed by atoms with E-state index in [4.69, 9.17) is 5.10 Å². The smallest absolute Gasteiger partial charge is 0.273 e. The first kappa shape index (κ1) is 24.5. The molecule has 0 saturated heterocycles. The number of hydrogen-bond donors (Lipinski definition) is 1. The van der Waals surface area contributed by atoms with Gasteiger partial charge in [-0.05, 0) is 43.2 Å². The van der Waals surface area contributed by atoms with E-state index in [1.54, 1.807) is 4.68 Å². The lowest BCUT2D eigenvalue weighted by Gasteiger charge is -2.45. The molecule has 1 N–H and O–H groups in total. The van der Waals surface area contributed by atoms with E-state index in [2.05, 4.69) is 38.2 Å². The molecule has 2 aromatic rings. The Hall–Kier alpha value is -2.63. The standard InChI is InChI=1S/C28H40N4O2/c1-20(2)24-17-25-26(33)31(18-21(3)22-13-9-8-10-14-22)28(4,19-32(25)30-24)27(34)29-23-15-11-6-5-7-12-16-23/h8-10,13-14,17,20-21,23H,5-7,11-12,15-16,18-19H2,1-4H3,(H,29,34)/t21-,28+/m0/s1. The Morgan fingerprint density at radius 1 is 1.09 bits per heavy atom. The minimum absolute atomic E-state index is 0.0565. The summed E-state index contributed by atoms with van der Waals surface area (Å²) in [5, 5.41) is 8.06. The van der Waals surface area contributed by atoms with Gasteiger partial charge < -0.3 is 10.2 Å². The molecule has 2 atom stereocenters. The van der Waals surface area contributed by atoms with Crippen molar-refractivity contribution in [1.29, 1.82) is 0 Å². The molecule has 0 unspecified atom stereocenters. The highest BCUT2D eigenvalue weighted by Gasteiger charge is 2.48. The van der Waals surface area contributed by atoms with Gasteiger partial charge in [0.25, 0.3) is 5.91 Å². The molecule has 0 spiro atoms. The maximum Gasteiger partial charge on any atom is 0.273 e. The molecule has 184 valence electrons. The summed E-state index contributed by atoms with van der Waals surface area (Å²) in [6, 6.07) is 12.3. The number of fused-ring (bicyclic) bond motifs is 1.